The van der Waals surface area contributed by atoms with E-state index in [0.717, 1.165) is 25.8 Å². The Morgan fingerprint density at radius 3 is 2.78 bits per heavy atom. The van der Waals surface area contributed by atoms with E-state index in [-0.39, 0.29) is 11.5 Å². The van der Waals surface area contributed by atoms with E-state index in [1.165, 1.54) is 60.5 Å². The summed E-state index contributed by atoms with van der Waals surface area (Å²) in [5.74, 6) is -0.821. The van der Waals surface area contributed by atoms with Gasteiger partial charge in [-0.15, -0.1) is 11.3 Å². The number of carboxylic acids is 1. The summed E-state index contributed by atoms with van der Waals surface area (Å²) in [4.78, 5) is 20.3. The summed E-state index contributed by atoms with van der Waals surface area (Å²) >= 11 is 1.89. The third kappa shape index (κ3) is 2.93. The number of carboxylic acid groups (broad SMARTS) is 1. The fraction of sp³-hybridized carbons (Fsp3) is 0.778. The molecule has 1 spiro atoms. The highest BCUT2D eigenvalue weighted by Gasteiger charge is 2.47. The van der Waals surface area contributed by atoms with E-state index in [1.807, 2.05) is 11.3 Å². The molecule has 0 radical (unpaired) electrons. The molecule has 0 aromatic carbocycles. The molecule has 3 aliphatic rings. The monoisotopic (exact) mass is 334 g/mol. The van der Waals surface area contributed by atoms with Gasteiger partial charge in [-0.1, -0.05) is 6.42 Å². The largest absolute Gasteiger partial charge is 0.481 e. The lowest BCUT2D eigenvalue weighted by atomic mass is 9.68. The highest BCUT2D eigenvalue weighted by atomic mass is 32.1. The lowest BCUT2D eigenvalue weighted by molar-refractivity contribution is -0.147. The van der Waals surface area contributed by atoms with Crippen molar-refractivity contribution in [2.24, 2.45) is 5.92 Å². The molecule has 23 heavy (non-hydrogen) atoms. The van der Waals surface area contributed by atoms with E-state index in [4.69, 9.17) is 4.98 Å². The third-order valence-electron chi connectivity index (χ3n) is 6.17. The quantitative estimate of drug-likeness (QED) is 0.858. The van der Waals surface area contributed by atoms with Crippen molar-refractivity contribution in [1.82, 2.24) is 9.88 Å². The average molecular weight is 334 g/mol. The topological polar surface area (TPSA) is 53.4 Å². The van der Waals surface area contributed by atoms with Crippen molar-refractivity contribution in [3.8, 4) is 0 Å². The smallest absolute Gasteiger partial charge is 0.307 e. The molecule has 1 atom stereocenters. The fourth-order valence-electron chi connectivity index (χ4n) is 4.55. The molecule has 2 fully saturated rings. The predicted molar refractivity (Wildman–Crippen MR) is 90.7 cm³/mol. The first kappa shape index (κ1) is 15.6. The van der Waals surface area contributed by atoms with Crippen LogP contribution in [0.15, 0.2) is 0 Å². The SMILES string of the molecule is O=C(O)C1CCC2(CCC2)N(Cc2nc3c(s2)CCCCC3)C1. The van der Waals surface area contributed by atoms with Crippen molar-refractivity contribution in [2.75, 3.05) is 6.54 Å². The first-order chi connectivity index (χ1) is 11.2. The van der Waals surface area contributed by atoms with Gasteiger partial charge in [-0.3, -0.25) is 9.69 Å². The van der Waals surface area contributed by atoms with Gasteiger partial charge in [0, 0.05) is 17.0 Å². The minimum absolute atomic E-state index is 0.195. The second-order valence-electron chi connectivity index (χ2n) is 7.57. The van der Waals surface area contributed by atoms with E-state index in [9.17, 15) is 9.90 Å². The van der Waals surface area contributed by atoms with Crippen LogP contribution in [0.2, 0.25) is 0 Å². The molecule has 2 heterocycles. The number of aliphatic carboxylic acids is 1. The molecule has 1 N–H and O–H groups in total. The summed E-state index contributed by atoms with van der Waals surface area (Å²) in [5, 5.41) is 10.6. The molecule has 126 valence electrons. The van der Waals surface area contributed by atoms with Gasteiger partial charge in [0.1, 0.15) is 5.01 Å². The van der Waals surface area contributed by atoms with Gasteiger partial charge in [0.15, 0.2) is 0 Å². The normalized spacial score (nSPS) is 27.2. The molecular formula is C18H26N2O2S. The van der Waals surface area contributed by atoms with Crippen LogP contribution in [-0.2, 0) is 24.2 Å². The maximum absolute atomic E-state index is 11.4. The van der Waals surface area contributed by atoms with Crippen molar-refractivity contribution in [3.63, 3.8) is 0 Å². The van der Waals surface area contributed by atoms with Crippen LogP contribution < -0.4 is 0 Å². The number of aromatic nitrogens is 1. The molecular weight excluding hydrogens is 308 g/mol. The van der Waals surface area contributed by atoms with E-state index >= 15 is 0 Å². The standard InChI is InChI=1S/C18H26N2O2S/c21-17(22)13-7-10-18(8-4-9-18)20(11-13)12-16-19-14-5-2-1-3-6-15(14)23-16/h13H,1-12H2,(H,21,22). The van der Waals surface area contributed by atoms with Crippen molar-refractivity contribution >= 4 is 17.3 Å². The number of hydrogen-bond donors (Lipinski definition) is 1. The number of piperidine rings is 1. The van der Waals surface area contributed by atoms with Gasteiger partial charge < -0.3 is 5.11 Å². The van der Waals surface area contributed by atoms with Gasteiger partial charge in [-0.05, 0) is 57.8 Å². The fourth-order valence-corrected chi connectivity index (χ4v) is 5.72. The zero-order chi connectivity index (χ0) is 15.9. The van der Waals surface area contributed by atoms with Gasteiger partial charge >= 0.3 is 5.97 Å². The second-order valence-corrected chi connectivity index (χ2v) is 8.74. The van der Waals surface area contributed by atoms with Crippen LogP contribution in [0.5, 0.6) is 0 Å². The zero-order valence-corrected chi connectivity index (χ0v) is 14.5. The summed E-state index contributed by atoms with van der Waals surface area (Å²) in [6.07, 6.45) is 11.9. The lowest BCUT2D eigenvalue weighted by Crippen LogP contribution is -2.58. The van der Waals surface area contributed by atoms with E-state index < -0.39 is 5.97 Å². The summed E-state index contributed by atoms with van der Waals surface area (Å²) in [6, 6.07) is 0. The van der Waals surface area contributed by atoms with Crippen LogP contribution in [0, 0.1) is 5.92 Å². The zero-order valence-electron chi connectivity index (χ0n) is 13.7. The molecule has 4 nitrogen and oxygen atoms in total. The van der Waals surface area contributed by atoms with Gasteiger partial charge in [0.2, 0.25) is 0 Å². The number of aryl methyl sites for hydroxylation is 2. The third-order valence-corrected chi connectivity index (χ3v) is 7.31. The second kappa shape index (κ2) is 6.17. The minimum Gasteiger partial charge on any atom is -0.481 e. The molecule has 1 unspecified atom stereocenters. The molecule has 1 saturated heterocycles. The molecule has 5 heteroatoms. The summed E-state index contributed by atoms with van der Waals surface area (Å²) < 4.78 is 0. The summed E-state index contributed by atoms with van der Waals surface area (Å²) in [5.41, 5.74) is 1.62. The Bertz CT molecular complexity index is 570. The summed E-state index contributed by atoms with van der Waals surface area (Å²) in [7, 11) is 0. The number of hydrogen-bond acceptors (Lipinski definition) is 4. The Morgan fingerprint density at radius 2 is 2.04 bits per heavy atom. The molecule has 1 aromatic heterocycles. The van der Waals surface area contributed by atoms with Crippen LogP contribution >= 0.6 is 11.3 Å². The van der Waals surface area contributed by atoms with Gasteiger partial charge in [-0.2, -0.15) is 0 Å². The number of rotatable bonds is 3. The predicted octanol–water partition coefficient (Wildman–Crippen LogP) is 3.63. The van der Waals surface area contributed by atoms with Crippen molar-refractivity contribution in [2.45, 2.75) is 76.3 Å². The highest BCUT2D eigenvalue weighted by Crippen LogP contribution is 2.46. The molecule has 1 saturated carbocycles. The highest BCUT2D eigenvalue weighted by molar-refractivity contribution is 7.11. The minimum atomic E-state index is -0.626. The van der Waals surface area contributed by atoms with Crippen LogP contribution in [0.1, 0.15) is 66.9 Å². The summed E-state index contributed by atoms with van der Waals surface area (Å²) in [6.45, 7) is 1.57. The maximum Gasteiger partial charge on any atom is 0.307 e. The molecule has 1 aliphatic heterocycles. The Balaban J connectivity index is 1.52. The molecule has 1 aromatic rings. The lowest BCUT2D eigenvalue weighted by Gasteiger charge is -2.54. The van der Waals surface area contributed by atoms with Crippen molar-refractivity contribution in [1.29, 1.82) is 0 Å². The molecule has 4 rings (SSSR count). The van der Waals surface area contributed by atoms with E-state index in [1.54, 1.807) is 0 Å². The Kier molecular flexibility index (Phi) is 4.18. The van der Waals surface area contributed by atoms with Crippen LogP contribution in [0.4, 0.5) is 0 Å². The Morgan fingerprint density at radius 1 is 1.22 bits per heavy atom. The molecule has 0 bridgehead atoms. The van der Waals surface area contributed by atoms with Crippen LogP contribution in [0.25, 0.3) is 0 Å². The van der Waals surface area contributed by atoms with Crippen molar-refractivity contribution < 1.29 is 9.90 Å². The first-order valence-corrected chi connectivity index (χ1v) is 9.93. The van der Waals surface area contributed by atoms with Crippen LogP contribution in [0.3, 0.4) is 0 Å². The molecule has 0 amide bonds. The van der Waals surface area contributed by atoms with Gasteiger partial charge in [-0.25, -0.2) is 4.98 Å². The number of carbonyl (C=O) groups is 1. The maximum atomic E-state index is 11.4. The number of likely N-dealkylation sites (tertiary alicyclic amines) is 1. The van der Waals surface area contributed by atoms with Crippen LogP contribution in [-0.4, -0.2) is 33.0 Å². The first-order valence-electron chi connectivity index (χ1n) is 9.12. The number of fused-ring (bicyclic) bond motifs is 1. The Hall–Kier alpha value is -0.940. The van der Waals surface area contributed by atoms with E-state index in [0.29, 0.717) is 6.54 Å². The number of nitrogens with zero attached hydrogens (tertiary/aromatic N) is 2. The van der Waals surface area contributed by atoms with Gasteiger partial charge in [0.05, 0.1) is 18.2 Å². The number of thiazole rings is 1. The average Bonchev–Trinajstić information content (AvgIpc) is 2.74. The molecule has 2 aliphatic carbocycles. The van der Waals surface area contributed by atoms with Crippen molar-refractivity contribution in [3.05, 3.63) is 15.6 Å². The van der Waals surface area contributed by atoms with E-state index in [2.05, 4.69) is 4.90 Å². The Labute approximate surface area is 141 Å². The van der Waals surface area contributed by atoms with Gasteiger partial charge in [0.25, 0.3) is 0 Å².